The van der Waals surface area contributed by atoms with E-state index in [0.29, 0.717) is 5.76 Å². The zero-order chi connectivity index (χ0) is 17.9. The molecular weight excluding hydrogens is 306 g/mol. The predicted molar refractivity (Wildman–Crippen MR) is 91.2 cm³/mol. The molecule has 1 heterocycles. The van der Waals surface area contributed by atoms with E-state index in [0.717, 1.165) is 5.56 Å². The van der Waals surface area contributed by atoms with Crippen LogP contribution >= 0.6 is 0 Å². The van der Waals surface area contributed by atoms with Gasteiger partial charge >= 0.3 is 12.1 Å². The molecule has 2 atom stereocenters. The minimum atomic E-state index is -0.563. The van der Waals surface area contributed by atoms with Crippen LogP contribution in [0.1, 0.15) is 52.6 Å². The molecule has 0 aromatic heterocycles. The largest absolute Gasteiger partial charge is 0.460 e. The highest BCUT2D eigenvalue weighted by Gasteiger charge is 2.42. The lowest BCUT2D eigenvalue weighted by molar-refractivity contribution is -0.155. The molecule has 1 amide bonds. The number of carbonyl (C=O) groups is 2. The molecule has 0 spiro atoms. The Morgan fingerprint density at radius 2 is 1.96 bits per heavy atom. The summed E-state index contributed by atoms with van der Waals surface area (Å²) < 4.78 is 10.8. The average Bonchev–Trinajstić information content (AvgIpc) is 2.81. The molecule has 5 heteroatoms. The van der Waals surface area contributed by atoms with Crippen molar-refractivity contribution < 1.29 is 19.1 Å². The van der Waals surface area contributed by atoms with Gasteiger partial charge in [-0.15, -0.1) is 0 Å². The van der Waals surface area contributed by atoms with Crippen molar-refractivity contribution in [2.45, 2.75) is 58.7 Å². The Morgan fingerprint density at radius 3 is 2.50 bits per heavy atom. The number of ether oxygens (including phenoxy) is 2. The van der Waals surface area contributed by atoms with Crippen molar-refractivity contribution in [3.05, 3.63) is 47.7 Å². The summed E-state index contributed by atoms with van der Waals surface area (Å²) in [5, 5.41) is 0. The lowest BCUT2D eigenvalue weighted by Gasteiger charge is -2.29. The van der Waals surface area contributed by atoms with Crippen molar-refractivity contribution in [1.82, 2.24) is 4.90 Å². The van der Waals surface area contributed by atoms with Gasteiger partial charge < -0.3 is 9.47 Å². The molecule has 130 valence electrons. The van der Waals surface area contributed by atoms with E-state index in [1.165, 1.54) is 0 Å². The first-order valence-corrected chi connectivity index (χ1v) is 8.16. The van der Waals surface area contributed by atoms with Gasteiger partial charge in [-0.25, -0.2) is 4.79 Å². The minimum absolute atomic E-state index is 0.0693. The third kappa shape index (κ3) is 4.16. The van der Waals surface area contributed by atoms with Crippen LogP contribution in [0.4, 0.5) is 4.79 Å². The fourth-order valence-corrected chi connectivity index (χ4v) is 2.80. The van der Waals surface area contributed by atoms with Gasteiger partial charge in [0.15, 0.2) is 0 Å². The molecule has 0 N–H and O–H groups in total. The van der Waals surface area contributed by atoms with E-state index in [4.69, 9.17) is 9.47 Å². The number of hydrogen-bond donors (Lipinski definition) is 0. The smallest absolute Gasteiger partial charge is 0.416 e. The van der Waals surface area contributed by atoms with Crippen LogP contribution in [0.5, 0.6) is 0 Å². The quantitative estimate of drug-likeness (QED) is 0.776. The van der Waals surface area contributed by atoms with Crippen LogP contribution < -0.4 is 0 Å². The fourth-order valence-electron chi connectivity index (χ4n) is 2.80. The van der Waals surface area contributed by atoms with Crippen molar-refractivity contribution in [3.8, 4) is 0 Å². The molecule has 1 aromatic rings. The molecule has 0 aliphatic carbocycles. The molecule has 0 unspecified atom stereocenters. The molecular formula is C19H25NO4. The Labute approximate surface area is 143 Å². The second kappa shape index (κ2) is 7.07. The molecule has 1 aliphatic rings. The molecule has 0 saturated carbocycles. The SMILES string of the molecule is C/C=C1/OC(=O)N([C@H](C)c2ccccc2)[C@H]1CC(=O)OC(C)(C)C. The van der Waals surface area contributed by atoms with E-state index in [2.05, 4.69) is 0 Å². The fraction of sp³-hybridized carbons (Fsp3) is 0.474. The molecule has 0 radical (unpaired) electrons. The van der Waals surface area contributed by atoms with Crippen molar-refractivity contribution in [1.29, 1.82) is 0 Å². The third-order valence-electron chi connectivity index (χ3n) is 3.84. The van der Waals surface area contributed by atoms with Gasteiger partial charge in [-0.2, -0.15) is 0 Å². The number of carbonyl (C=O) groups excluding carboxylic acids is 2. The Hall–Kier alpha value is -2.30. The Morgan fingerprint density at radius 1 is 1.33 bits per heavy atom. The molecule has 2 rings (SSSR count). The van der Waals surface area contributed by atoms with E-state index in [-0.39, 0.29) is 18.4 Å². The highest BCUT2D eigenvalue weighted by Crippen LogP contribution is 2.34. The number of amides is 1. The van der Waals surface area contributed by atoms with Gasteiger partial charge in [0.2, 0.25) is 0 Å². The minimum Gasteiger partial charge on any atom is -0.460 e. The lowest BCUT2D eigenvalue weighted by atomic mass is 10.0. The van der Waals surface area contributed by atoms with Gasteiger partial charge in [0.1, 0.15) is 17.4 Å². The molecule has 5 nitrogen and oxygen atoms in total. The standard InChI is InChI=1S/C19H25NO4/c1-6-16-15(12-17(21)24-19(3,4)5)20(18(22)23-16)13(2)14-10-8-7-9-11-14/h6-11,13,15H,12H2,1-5H3/b16-6+/t13-,15+/m1/s1. The van der Waals surface area contributed by atoms with Crippen molar-refractivity contribution in [2.75, 3.05) is 0 Å². The maximum Gasteiger partial charge on any atom is 0.416 e. The molecule has 0 bridgehead atoms. The van der Waals surface area contributed by atoms with Crippen LogP contribution in [0.25, 0.3) is 0 Å². The maximum atomic E-state index is 12.3. The topological polar surface area (TPSA) is 55.8 Å². The molecule has 1 fully saturated rings. The molecule has 24 heavy (non-hydrogen) atoms. The van der Waals surface area contributed by atoms with Gasteiger partial charge in [0.05, 0.1) is 12.5 Å². The van der Waals surface area contributed by atoms with Crippen LogP contribution in [0.15, 0.2) is 42.2 Å². The average molecular weight is 331 g/mol. The summed E-state index contributed by atoms with van der Waals surface area (Å²) in [5.41, 5.74) is 0.424. The van der Waals surface area contributed by atoms with Crippen LogP contribution in [-0.4, -0.2) is 28.6 Å². The highest BCUT2D eigenvalue weighted by atomic mass is 16.6. The van der Waals surface area contributed by atoms with Crippen molar-refractivity contribution >= 4 is 12.1 Å². The second-order valence-electron chi connectivity index (χ2n) is 6.86. The van der Waals surface area contributed by atoms with Gasteiger partial charge in [-0.05, 0) is 46.3 Å². The Kier molecular flexibility index (Phi) is 5.32. The van der Waals surface area contributed by atoms with E-state index in [1.54, 1.807) is 17.9 Å². The number of allylic oxidation sites excluding steroid dienone is 1. The van der Waals surface area contributed by atoms with E-state index in [1.807, 2.05) is 58.0 Å². The predicted octanol–water partition coefficient (Wildman–Crippen LogP) is 4.20. The second-order valence-corrected chi connectivity index (χ2v) is 6.86. The van der Waals surface area contributed by atoms with Gasteiger partial charge in [-0.1, -0.05) is 30.3 Å². The number of esters is 1. The first-order chi connectivity index (χ1) is 11.2. The zero-order valence-electron chi connectivity index (χ0n) is 14.9. The summed E-state index contributed by atoms with van der Waals surface area (Å²) in [4.78, 5) is 26.2. The number of rotatable bonds is 4. The highest BCUT2D eigenvalue weighted by molar-refractivity contribution is 5.77. The lowest BCUT2D eigenvalue weighted by Crippen LogP contribution is -2.38. The van der Waals surface area contributed by atoms with Crippen LogP contribution in [0.2, 0.25) is 0 Å². The summed E-state index contributed by atoms with van der Waals surface area (Å²) in [6.45, 7) is 9.19. The summed E-state index contributed by atoms with van der Waals surface area (Å²) >= 11 is 0. The van der Waals surface area contributed by atoms with Gasteiger partial charge in [0.25, 0.3) is 0 Å². The Balaban J connectivity index is 2.24. The number of nitrogens with zero attached hydrogens (tertiary/aromatic N) is 1. The first kappa shape index (κ1) is 18.0. The summed E-state index contributed by atoms with van der Waals surface area (Å²) in [6, 6.07) is 9.02. The maximum absolute atomic E-state index is 12.3. The third-order valence-corrected chi connectivity index (χ3v) is 3.84. The molecule has 1 aromatic carbocycles. The van der Waals surface area contributed by atoms with E-state index < -0.39 is 17.7 Å². The normalized spacial score (nSPS) is 20.9. The van der Waals surface area contributed by atoms with E-state index in [9.17, 15) is 9.59 Å². The van der Waals surface area contributed by atoms with Crippen LogP contribution in [0.3, 0.4) is 0 Å². The Bertz CT molecular complexity index is 631. The van der Waals surface area contributed by atoms with E-state index >= 15 is 0 Å². The van der Waals surface area contributed by atoms with Crippen LogP contribution in [0, 0.1) is 0 Å². The molecule has 1 aliphatic heterocycles. The number of hydrogen-bond acceptors (Lipinski definition) is 4. The summed E-state index contributed by atoms with van der Waals surface area (Å²) in [6.07, 6.45) is 1.36. The summed E-state index contributed by atoms with van der Waals surface area (Å²) in [5.74, 6) is 0.143. The van der Waals surface area contributed by atoms with Crippen molar-refractivity contribution in [3.63, 3.8) is 0 Å². The van der Waals surface area contributed by atoms with Gasteiger partial charge in [-0.3, -0.25) is 9.69 Å². The monoisotopic (exact) mass is 331 g/mol. The number of benzene rings is 1. The number of cyclic esters (lactones) is 1. The molecule has 1 saturated heterocycles. The van der Waals surface area contributed by atoms with Gasteiger partial charge in [0, 0.05) is 0 Å². The first-order valence-electron chi connectivity index (χ1n) is 8.16. The summed E-state index contributed by atoms with van der Waals surface area (Å²) in [7, 11) is 0. The van der Waals surface area contributed by atoms with Crippen molar-refractivity contribution in [2.24, 2.45) is 0 Å². The zero-order valence-corrected chi connectivity index (χ0v) is 14.9. The van der Waals surface area contributed by atoms with Crippen LogP contribution in [-0.2, 0) is 14.3 Å².